The molecule has 0 spiro atoms. The van der Waals surface area contributed by atoms with Crippen molar-refractivity contribution in [3.8, 4) is 0 Å². The number of likely N-dealkylation sites (N-methyl/N-ethyl adjacent to an activating group) is 1. The van der Waals surface area contributed by atoms with Crippen LogP contribution in [-0.2, 0) is 14.3 Å². The lowest BCUT2D eigenvalue weighted by molar-refractivity contribution is -0.135. The molecule has 0 aliphatic carbocycles. The molecule has 1 aliphatic heterocycles. The Morgan fingerprint density at radius 1 is 1.39 bits per heavy atom. The lowest BCUT2D eigenvalue weighted by atomic mass is 9.97. The minimum absolute atomic E-state index is 0.232. The number of carbonyl (C=O) groups excluding carboxylic acids is 2. The lowest BCUT2D eigenvalue weighted by Gasteiger charge is -2.30. The molecule has 1 rings (SSSR count). The molecule has 1 aliphatic rings. The summed E-state index contributed by atoms with van der Waals surface area (Å²) in [6, 6.07) is -0.290. The maximum Gasteiger partial charge on any atom is 0.339 e. The fraction of sp³-hybridized carbons (Fsp3) is 0.455. The Bertz CT molecular complexity index is 437. The number of alkyl halides is 3. The van der Waals surface area contributed by atoms with E-state index in [0.717, 1.165) is 0 Å². The number of ketones is 1. The molecule has 7 heteroatoms. The van der Waals surface area contributed by atoms with E-state index in [4.69, 9.17) is 34.8 Å². The van der Waals surface area contributed by atoms with Crippen molar-refractivity contribution in [2.75, 3.05) is 14.2 Å². The number of hydrogen-bond acceptors (Lipinski definition) is 4. The Kier molecular flexibility index (Phi) is 4.70. The van der Waals surface area contributed by atoms with Crippen molar-refractivity contribution in [2.24, 2.45) is 0 Å². The highest BCUT2D eigenvalue weighted by molar-refractivity contribution is 6.77. The van der Waals surface area contributed by atoms with Crippen molar-refractivity contribution < 1.29 is 14.3 Å². The summed E-state index contributed by atoms with van der Waals surface area (Å²) in [5, 5.41) is 0. The summed E-state index contributed by atoms with van der Waals surface area (Å²) in [6.45, 7) is 1.77. The Hall–Kier alpha value is -0.710. The number of nitrogens with zero attached hydrogens (tertiary/aromatic N) is 1. The largest absolute Gasteiger partial charge is 0.465 e. The highest BCUT2D eigenvalue weighted by Gasteiger charge is 2.37. The maximum absolute atomic E-state index is 12.0. The summed E-state index contributed by atoms with van der Waals surface area (Å²) in [7, 11) is 2.97. The van der Waals surface area contributed by atoms with Crippen LogP contribution in [0.3, 0.4) is 0 Å². The first-order chi connectivity index (χ1) is 8.18. The molecule has 0 N–H and O–H groups in total. The van der Waals surface area contributed by atoms with Crippen molar-refractivity contribution in [1.82, 2.24) is 4.90 Å². The summed E-state index contributed by atoms with van der Waals surface area (Å²) in [5.74, 6) is -1.20. The molecule has 0 aromatic rings. The van der Waals surface area contributed by atoms with Gasteiger partial charge in [0.1, 0.15) is 0 Å². The Morgan fingerprint density at radius 3 is 2.39 bits per heavy atom. The van der Waals surface area contributed by atoms with Crippen LogP contribution in [-0.4, -0.2) is 40.6 Å². The van der Waals surface area contributed by atoms with Gasteiger partial charge in [-0.05, 0) is 13.0 Å². The molecule has 1 unspecified atom stereocenters. The van der Waals surface area contributed by atoms with Gasteiger partial charge in [0.25, 0.3) is 3.79 Å². The quantitative estimate of drug-likeness (QED) is 0.579. The van der Waals surface area contributed by atoms with Crippen LogP contribution >= 0.6 is 34.8 Å². The van der Waals surface area contributed by atoms with Gasteiger partial charge in [-0.25, -0.2) is 4.79 Å². The molecule has 0 fully saturated rings. The fourth-order valence-electron chi connectivity index (χ4n) is 1.52. The van der Waals surface area contributed by atoms with Gasteiger partial charge >= 0.3 is 5.97 Å². The van der Waals surface area contributed by atoms with Crippen molar-refractivity contribution in [1.29, 1.82) is 0 Å². The third-order valence-electron chi connectivity index (χ3n) is 2.66. The molecule has 100 valence electrons. The van der Waals surface area contributed by atoms with Crippen LogP contribution in [0.15, 0.2) is 23.4 Å². The zero-order valence-corrected chi connectivity index (χ0v) is 12.3. The van der Waals surface area contributed by atoms with E-state index in [0.29, 0.717) is 0 Å². The van der Waals surface area contributed by atoms with Gasteiger partial charge in [-0.15, -0.1) is 0 Å². The Morgan fingerprint density at radius 2 is 1.94 bits per heavy atom. The second-order valence-electron chi connectivity index (χ2n) is 3.84. The molecule has 0 amide bonds. The normalized spacial score (nSPS) is 20.1. The van der Waals surface area contributed by atoms with Gasteiger partial charge in [0.15, 0.2) is 0 Å². The van der Waals surface area contributed by atoms with Gasteiger partial charge in [0.2, 0.25) is 5.78 Å². The molecular weight excluding hydrogens is 300 g/mol. The van der Waals surface area contributed by atoms with Crippen molar-refractivity contribution in [2.45, 2.75) is 16.8 Å². The first-order valence-electron chi connectivity index (χ1n) is 5.03. The summed E-state index contributed by atoms with van der Waals surface area (Å²) >= 11 is 16.7. The number of halogens is 3. The summed E-state index contributed by atoms with van der Waals surface area (Å²) in [6.07, 6.45) is 2.96. The monoisotopic (exact) mass is 311 g/mol. The van der Waals surface area contributed by atoms with Gasteiger partial charge in [0, 0.05) is 18.8 Å². The Labute approximate surface area is 120 Å². The van der Waals surface area contributed by atoms with E-state index in [9.17, 15) is 9.59 Å². The topological polar surface area (TPSA) is 46.6 Å². The number of hydrogen-bond donors (Lipinski definition) is 0. The predicted octanol–water partition coefficient (Wildman–Crippen LogP) is 2.24. The zero-order valence-electron chi connectivity index (χ0n) is 10.0. The van der Waals surface area contributed by atoms with E-state index < -0.39 is 15.5 Å². The van der Waals surface area contributed by atoms with Gasteiger partial charge in [-0.2, -0.15) is 0 Å². The van der Waals surface area contributed by atoms with E-state index in [-0.39, 0.29) is 17.2 Å². The molecule has 1 heterocycles. The average Bonchev–Trinajstić information content (AvgIpc) is 2.29. The van der Waals surface area contributed by atoms with Crippen molar-refractivity contribution in [3.05, 3.63) is 23.4 Å². The van der Waals surface area contributed by atoms with E-state index in [1.165, 1.54) is 13.2 Å². The third kappa shape index (κ3) is 3.19. The summed E-state index contributed by atoms with van der Waals surface area (Å²) < 4.78 is 2.56. The second-order valence-corrected chi connectivity index (χ2v) is 6.13. The molecule has 0 aromatic heterocycles. The zero-order chi connectivity index (χ0) is 14.1. The molecular formula is C11H12Cl3NO3. The van der Waals surface area contributed by atoms with E-state index >= 15 is 0 Å². The van der Waals surface area contributed by atoms with Gasteiger partial charge in [-0.1, -0.05) is 34.8 Å². The van der Waals surface area contributed by atoms with E-state index in [1.807, 2.05) is 0 Å². The SMILES string of the molecule is COC(=O)C1=CN(C)C(C)C(C(=O)C(Cl)(Cl)Cl)=C1. The van der Waals surface area contributed by atoms with Crippen LogP contribution in [0.1, 0.15) is 6.92 Å². The minimum atomic E-state index is -2.04. The number of rotatable bonds is 2. The second kappa shape index (κ2) is 5.51. The number of ether oxygens (including phenoxy) is 1. The lowest BCUT2D eigenvalue weighted by Crippen LogP contribution is -2.37. The highest BCUT2D eigenvalue weighted by Crippen LogP contribution is 2.33. The number of esters is 1. The van der Waals surface area contributed by atoms with Crippen molar-refractivity contribution >= 4 is 46.6 Å². The summed E-state index contributed by atoms with van der Waals surface area (Å²) in [5.41, 5.74) is 0.483. The van der Waals surface area contributed by atoms with Crippen LogP contribution in [0.25, 0.3) is 0 Å². The molecule has 4 nitrogen and oxygen atoms in total. The van der Waals surface area contributed by atoms with Crippen molar-refractivity contribution in [3.63, 3.8) is 0 Å². The molecule has 18 heavy (non-hydrogen) atoms. The maximum atomic E-state index is 12.0. The van der Waals surface area contributed by atoms with Crippen LogP contribution < -0.4 is 0 Å². The Balaban J connectivity index is 3.17. The molecule has 0 bridgehead atoms. The van der Waals surface area contributed by atoms with Crippen LogP contribution in [0.4, 0.5) is 0 Å². The van der Waals surface area contributed by atoms with Crippen LogP contribution in [0, 0.1) is 0 Å². The number of Topliss-reactive ketones (excluding diaryl/α,β-unsaturated/α-hetero) is 1. The highest BCUT2D eigenvalue weighted by atomic mass is 35.6. The van der Waals surface area contributed by atoms with Gasteiger partial charge in [0.05, 0.1) is 18.7 Å². The standard InChI is InChI=1S/C11H12Cl3NO3/c1-6-8(9(16)11(12,13)14)4-7(5-15(6)2)10(17)18-3/h4-6H,1-3H3. The average molecular weight is 313 g/mol. The predicted molar refractivity (Wildman–Crippen MR) is 70.7 cm³/mol. The molecule has 0 saturated heterocycles. The number of methoxy groups -OCH3 is 1. The molecule has 0 saturated carbocycles. The third-order valence-corrected chi connectivity index (χ3v) is 3.17. The van der Waals surface area contributed by atoms with Crippen LogP contribution in [0.2, 0.25) is 0 Å². The molecule has 1 atom stereocenters. The molecule has 0 aromatic carbocycles. The minimum Gasteiger partial charge on any atom is -0.465 e. The first kappa shape index (κ1) is 15.3. The fourth-order valence-corrected chi connectivity index (χ4v) is 1.85. The van der Waals surface area contributed by atoms with E-state index in [2.05, 4.69) is 4.74 Å². The number of carbonyl (C=O) groups is 2. The molecule has 0 radical (unpaired) electrons. The van der Waals surface area contributed by atoms with Gasteiger partial charge in [-0.3, -0.25) is 4.79 Å². The van der Waals surface area contributed by atoms with Gasteiger partial charge < -0.3 is 9.64 Å². The van der Waals surface area contributed by atoms with Crippen LogP contribution in [0.5, 0.6) is 0 Å². The van der Waals surface area contributed by atoms with E-state index in [1.54, 1.807) is 25.1 Å². The summed E-state index contributed by atoms with van der Waals surface area (Å²) in [4.78, 5) is 25.1. The smallest absolute Gasteiger partial charge is 0.339 e. The first-order valence-corrected chi connectivity index (χ1v) is 6.17.